The fraction of sp³-hybridized carbons (Fsp3) is 0.500. The Hall–Kier alpha value is -4.07. The van der Waals surface area contributed by atoms with Gasteiger partial charge in [0.1, 0.15) is 0 Å². The second-order valence-electron chi connectivity index (χ2n) is 38.9. The van der Waals surface area contributed by atoms with E-state index in [4.69, 9.17) is 0 Å². The van der Waals surface area contributed by atoms with Crippen molar-refractivity contribution in [3.63, 3.8) is 0 Å². The van der Waals surface area contributed by atoms with Crippen molar-refractivity contribution < 1.29 is 0 Å². The van der Waals surface area contributed by atoms with E-state index in [0.717, 1.165) is 0 Å². The van der Waals surface area contributed by atoms with Crippen LogP contribution in [0, 0.1) is 188 Å². The second kappa shape index (κ2) is 28.3. The molecule has 8 aromatic rings. The van der Waals surface area contributed by atoms with Crippen molar-refractivity contribution in [2.45, 2.75) is 289 Å². The molecule has 0 radical (unpaired) electrons. The summed E-state index contributed by atoms with van der Waals surface area (Å²) in [4.78, 5) is 0. The first-order valence-corrected chi connectivity index (χ1v) is 56.7. The quantitative estimate of drug-likeness (QED) is 0.107. The van der Waals surface area contributed by atoms with Crippen LogP contribution in [0.4, 0.5) is 0 Å². The molecule has 0 aromatic heterocycles. The summed E-state index contributed by atoms with van der Waals surface area (Å²) >= 11 is -13.5. The molecular formula is C96H136Ge4. The van der Waals surface area contributed by atoms with Crippen molar-refractivity contribution in [2.75, 3.05) is 0 Å². The van der Waals surface area contributed by atoms with Crippen molar-refractivity contribution in [1.82, 2.24) is 0 Å². The summed E-state index contributed by atoms with van der Waals surface area (Å²) in [5.74, 6) is 0. The van der Waals surface area contributed by atoms with Gasteiger partial charge in [-0.3, -0.25) is 0 Å². The predicted octanol–water partition coefficient (Wildman–Crippen LogP) is 21.8. The molecule has 0 bridgehead atoms. The monoisotopic (exact) mass is 1580 g/mol. The minimum atomic E-state index is -3.38. The van der Waals surface area contributed by atoms with Crippen LogP contribution in [0.15, 0.2) is 97.1 Å². The summed E-state index contributed by atoms with van der Waals surface area (Å²) in [5, 5.41) is 0. The zero-order valence-electron chi connectivity index (χ0n) is 70.4. The summed E-state index contributed by atoms with van der Waals surface area (Å²) < 4.78 is 17.3. The van der Waals surface area contributed by atoms with Crippen LogP contribution >= 0.6 is 0 Å². The molecule has 4 heteroatoms. The van der Waals surface area contributed by atoms with E-state index in [1.165, 1.54) is 70.2 Å². The first-order chi connectivity index (χ1) is 45.9. The Balaban J connectivity index is 0.000000233. The van der Waals surface area contributed by atoms with Crippen molar-refractivity contribution >= 4 is 88.2 Å². The van der Waals surface area contributed by atoms with Gasteiger partial charge in [-0.15, -0.1) is 0 Å². The Morgan fingerprint density at radius 2 is 0.250 bits per heavy atom. The van der Waals surface area contributed by atoms with E-state index in [9.17, 15) is 0 Å². The normalized spacial score (nSPS) is 18.7. The first-order valence-electron chi connectivity index (χ1n) is 38.6. The molecule has 100 heavy (non-hydrogen) atoms. The van der Waals surface area contributed by atoms with Crippen molar-refractivity contribution in [3.8, 4) is 0 Å². The average Bonchev–Trinajstić information content (AvgIpc) is 0.647. The molecule has 0 unspecified atom stereocenters. The molecule has 2 heterocycles. The zero-order valence-corrected chi connectivity index (χ0v) is 78.8. The van der Waals surface area contributed by atoms with E-state index < -0.39 is 53.1 Å². The maximum absolute atomic E-state index is 3.38. The van der Waals surface area contributed by atoms with Crippen molar-refractivity contribution in [3.05, 3.63) is 231 Å². The molecule has 0 amide bonds. The van der Waals surface area contributed by atoms with Gasteiger partial charge in [0.15, 0.2) is 0 Å². The molecule has 536 valence electrons. The first kappa shape index (κ1) is 80.0. The summed E-state index contributed by atoms with van der Waals surface area (Å²) in [6.45, 7) is 88.9. The van der Waals surface area contributed by atoms with Gasteiger partial charge >= 0.3 is 630 Å². The van der Waals surface area contributed by atoms with E-state index in [1.54, 1.807) is 89.0 Å². The number of rotatable bonds is 12. The molecule has 0 nitrogen and oxygen atoms in total. The maximum atomic E-state index is 2.55. The van der Waals surface area contributed by atoms with Gasteiger partial charge in [-0.2, -0.15) is 0 Å². The Labute approximate surface area is 624 Å². The van der Waals surface area contributed by atoms with Gasteiger partial charge < -0.3 is 0 Å². The van der Waals surface area contributed by atoms with Crippen LogP contribution in [-0.2, 0) is 0 Å². The van der Waals surface area contributed by atoms with Crippen LogP contribution in [0.25, 0.3) is 0 Å². The molecule has 2 saturated heterocycles. The van der Waals surface area contributed by atoms with Crippen LogP contribution in [-0.4, -0.2) is 53.1 Å². The molecule has 0 saturated carbocycles. The molecule has 2 aliphatic heterocycles. The third-order valence-corrected chi connectivity index (χ3v) is 113. The molecule has 10 rings (SSSR count). The second-order valence-corrected chi connectivity index (χ2v) is 83.8. The van der Waals surface area contributed by atoms with Crippen LogP contribution in [0.2, 0.25) is 14.3 Å². The third-order valence-electron chi connectivity index (χ3n) is 24.4. The Bertz CT molecular complexity index is 3480. The van der Waals surface area contributed by atoms with Crippen LogP contribution in [0.5, 0.6) is 0 Å². The Morgan fingerprint density at radius 1 is 0.170 bits per heavy atom. The summed E-state index contributed by atoms with van der Waals surface area (Å²) in [5.41, 5.74) is 37.0. The molecule has 0 atom stereocenters. The van der Waals surface area contributed by atoms with E-state index in [0.29, 0.717) is 14.3 Å². The molecule has 0 aliphatic carbocycles. The molecule has 0 spiro atoms. The Kier molecular flexibility index (Phi) is 22.7. The van der Waals surface area contributed by atoms with Gasteiger partial charge in [-0.1, -0.05) is 0 Å². The molecule has 0 N–H and O–H groups in total. The van der Waals surface area contributed by atoms with E-state index in [-0.39, 0.29) is 21.7 Å². The SMILES string of the molecule is Cc1cc(C)[c]([Ge]2([c]3c(C)cc(C)cc3C)[CH](CC(C)(C)C)[Ge]([c]3c(C)cc(C)cc3C)([c]3c(C)cc(C)cc3C)[CH]2CC(C)(C)C)c(C)c1.Cc1cc(C)[c]([Ge]2([c]3c(C)cc(C)cc3C)[CH](CC(C)(C)C)[Ge]([c]3c(C)cc(C)cc3C)([c]3c(C)cc(C)cc3C)[CH]2CC(C)(C)C)c(C)c1. The fourth-order valence-corrected chi connectivity index (χ4v) is 153. The third kappa shape index (κ3) is 14.1. The summed E-state index contributed by atoms with van der Waals surface area (Å²) in [6.07, 6.45) is 5.14. The minimum absolute atomic E-state index is 0.197. The Morgan fingerprint density at radius 3 is 0.320 bits per heavy atom. The summed E-state index contributed by atoms with van der Waals surface area (Å²) in [6, 6.07) is 40.8. The van der Waals surface area contributed by atoms with Gasteiger partial charge in [-0.25, -0.2) is 0 Å². The molecular weight excluding hydrogens is 1440 g/mol. The van der Waals surface area contributed by atoms with E-state index in [1.807, 2.05) is 35.2 Å². The van der Waals surface area contributed by atoms with Crippen LogP contribution in [0.3, 0.4) is 0 Å². The van der Waals surface area contributed by atoms with Gasteiger partial charge in [0.25, 0.3) is 0 Å². The molecule has 8 aromatic carbocycles. The molecule has 2 aliphatic rings. The van der Waals surface area contributed by atoms with E-state index in [2.05, 4.69) is 346 Å². The number of hydrogen-bond donors (Lipinski definition) is 0. The standard InChI is InChI=1S/2C48H68Ge2/c2*1-29-19-33(5)43(34(6)20-29)49(44-35(7)21-30(2)22-36(44)8)41(27-47(13,14)15)50(42(49)28-48(16,17)18,45-37(9)23-31(3)24-38(45)10)46-39(11)25-32(4)26-40(46)12/h2*19-26,41-42H,27-28H2,1-18H3. The van der Waals surface area contributed by atoms with Gasteiger partial charge in [0, 0.05) is 0 Å². The average molecular weight is 1580 g/mol. The fourth-order valence-electron chi connectivity index (χ4n) is 23.9. The number of benzene rings is 8. The topological polar surface area (TPSA) is 0 Å². The summed E-state index contributed by atoms with van der Waals surface area (Å²) in [7, 11) is 0. The van der Waals surface area contributed by atoms with Crippen molar-refractivity contribution in [1.29, 1.82) is 0 Å². The zero-order chi connectivity index (χ0) is 74.9. The van der Waals surface area contributed by atoms with Gasteiger partial charge in [0.05, 0.1) is 0 Å². The predicted molar refractivity (Wildman–Crippen MR) is 457 cm³/mol. The van der Waals surface area contributed by atoms with Gasteiger partial charge in [-0.05, 0) is 0 Å². The van der Waals surface area contributed by atoms with Crippen molar-refractivity contribution in [2.24, 2.45) is 21.7 Å². The van der Waals surface area contributed by atoms with E-state index >= 15 is 0 Å². The molecule has 2 fully saturated rings. The van der Waals surface area contributed by atoms with Gasteiger partial charge in [0.2, 0.25) is 0 Å². The number of hydrogen-bond acceptors (Lipinski definition) is 0. The van der Waals surface area contributed by atoms with Crippen LogP contribution in [0.1, 0.15) is 242 Å². The number of aryl methyl sites for hydroxylation is 24. The van der Waals surface area contributed by atoms with Crippen LogP contribution < -0.4 is 35.2 Å².